The van der Waals surface area contributed by atoms with Gasteiger partial charge < -0.3 is 19.3 Å². The normalized spacial score (nSPS) is 17.2. The van der Waals surface area contributed by atoms with Crippen molar-refractivity contribution in [2.75, 3.05) is 38.8 Å². The van der Waals surface area contributed by atoms with E-state index in [1.165, 1.54) is 5.69 Å². The van der Waals surface area contributed by atoms with E-state index in [9.17, 15) is 4.79 Å². The zero-order valence-electron chi connectivity index (χ0n) is 17.8. The van der Waals surface area contributed by atoms with Crippen LogP contribution in [0.15, 0.2) is 18.2 Å². The topological polar surface area (TPSA) is 59.8 Å². The maximum atomic E-state index is 12.0. The minimum Gasteiger partial charge on any atom is -0.496 e. The largest absolute Gasteiger partial charge is 0.496 e. The third-order valence-corrected chi connectivity index (χ3v) is 6.14. The van der Waals surface area contributed by atoms with Crippen LogP contribution in [0.4, 0.5) is 11.5 Å². The number of aryl methyl sites for hydroxylation is 1. The molecule has 0 saturated carbocycles. The number of rotatable bonds is 4. The number of carbonyl (C=O) groups excluding carboxylic acids is 1. The number of benzene rings is 1. The Kier molecular flexibility index (Phi) is 5.50. The lowest BCUT2D eigenvalue weighted by Crippen LogP contribution is -2.35. The van der Waals surface area contributed by atoms with Crippen molar-refractivity contribution in [3.05, 3.63) is 35.0 Å². The molecule has 156 valence electrons. The molecule has 2 aliphatic heterocycles. The van der Waals surface area contributed by atoms with Gasteiger partial charge in [0.25, 0.3) is 0 Å². The van der Waals surface area contributed by atoms with E-state index in [-0.39, 0.29) is 5.91 Å². The van der Waals surface area contributed by atoms with Crippen LogP contribution in [0.2, 0.25) is 0 Å². The first-order valence-corrected chi connectivity index (χ1v) is 10.3. The van der Waals surface area contributed by atoms with Crippen LogP contribution in [0.3, 0.4) is 0 Å². The first kappa shape index (κ1) is 19.8. The number of ether oxygens (including phenoxy) is 2. The number of amides is 1. The lowest BCUT2D eigenvalue weighted by Gasteiger charge is -2.29. The predicted molar refractivity (Wildman–Crippen MR) is 112 cm³/mol. The summed E-state index contributed by atoms with van der Waals surface area (Å²) < 4.78 is 13.3. The van der Waals surface area contributed by atoms with E-state index >= 15 is 0 Å². The Bertz CT molecular complexity index is 902. The second kappa shape index (κ2) is 8.06. The Labute approximate surface area is 172 Å². The quantitative estimate of drug-likeness (QED) is 0.791. The summed E-state index contributed by atoms with van der Waals surface area (Å²) in [5.74, 6) is 1.89. The maximum Gasteiger partial charge on any atom is 0.219 e. The summed E-state index contributed by atoms with van der Waals surface area (Å²) in [5, 5.41) is 5.07. The van der Waals surface area contributed by atoms with Gasteiger partial charge in [0, 0.05) is 63.2 Å². The van der Waals surface area contributed by atoms with E-state index in [4.69, 9.17) is 14.6 Å². The molecule has 1 saturated heterocycles. The first-order valence-electron chi connectivity index (χ1n) is 10.3. The number of methoxy groups -OCH3 is 1. The Morgan fingerprint density at radius 3 is 2.76 bits per heavy atom. The Morgan fingerprint density at radius 1 is 1.31 bits per heavy atom. The molecule has 0 spiro atoms. The molecule has 0 bridgehead atoms. The summed E-state index contributed by atoms with van der Waals surface area (Å²) in [7, 11) is 3.73. The van der Waals surface area contributed by atoms with Gasteiger partial charge in [-0.05, 0) is 31.4 Å². The Balaban J connectivity index is 1.75. The average molecular weight is 399 g/mol. The molecular weight excluding hydrogens is 368 g/mol. The van der Waals surface area contributed by atoms with Gasteiger partial charge >= 0.3 is 0 Å². The Morgan fingerprint density at radius 2 is 2.07 bits per heavy atom. The number of hydrogen-bond donors (Lipinski definition) is 0. The molecule has 0 aliphatic carbocycles. The van der Waals surface area contributed by atoms with E-state index in [1.807, 2.05) is 24.9 Å². The summed E-state index contributed by atoms with van der Waals surface area (Å²) in [4.78, 5) is 16.1. The van der Waals surface area contributed by atoms with Gasteiger partial charge in [-0.1, -0.05) is 6.07 Å². The van der Waals surface area contributed by atoms with Crippen molar-refractivity contribution >= 4 is 17.4 Å². The summed E-state index contributed by atoms with van der Waals surface area (Å²) in [6.45, 7) is 6.59. The molecule has 1 fully saturated rings. The van der Waals surface area contributed by atoms with Crippen molar-refractivity contribution < 1.29 is 14.3 Å². The summed E-state index contributed by atoms with van der Waals surface area (Å²) >= 11 is 0. The van der Waals surface area contributed by atoms with Gasteiger partial charge in [0.1, 0.15) is 5.75 Å². The van der Waals surface area contributed by atoms with E-state index in [0.29, 0.717) is 12.6 Å². The van der Waals surface area contributed by atoms with E-state index < -0.39 is 0 Å². The van der Waals surface area contributed by atoms with Gasteiger partial charge in [-0.15, -0.1) is 0 Å². The van der Waals surface area contributed by atoms with Gasteiger partial charge in [-0.2, -0.15) is 5.10 Å². The predicted octanol–water partition coefficient (Wildman–Crippen LogP) is 3.22. The van der Waals surface area contributed by atoms with Crippen LogP contribution in [-0.4, -0.2) is 54.5 Å². The van der Waals surface area contributed by atoms with Gasteiger partial charge in [0.05, 0.1) is 19.7 Å². The van der Waals surface area contributed by atoms with Crippen LogP contribution in [-0.2, 0) is 22.5 Å². The highest BCUT2D eigenvalue weighted by Gasteiger charge is 2.31. The van der Waals surface area contributed by atoms with Crippen molar-refractivity contribution in [2.24, 2.45) is 0 Å². The van der Waals surface area contributed by atoms with Crippen LogP contribution in [0, 0.1) is 6.92 Å². The van der Waals surface area contributed by atoms with Crippen molar-refractivity contribution in [1.29, 1.82) is 0 Å². The number of anilines is 2. The molecule has 0 radical (unpaired) electrons. The highest BCUT2D eigenvalue weighted by Crippen LogP contribution is 2.36. The van der Waals surface area contributed by atoms with Crippen molar-refractivity contribution in [3.8, 4) is 5.75 Å². The maximum absolute atomic E-state index is 12.0. The summed E-state index contributed by atoms with van der Waals surface area (Å²) in [6.07, 6.45) is 2.79. The van der Waals surface area contributed by atoms with Crippen LogP contribution < -0.4 is 9.64 Å². The lowest BCUT2D eigenvalue weighted by molar-refractivity contribution is -0.129. The molecule has 29 heavy (non-hydrogen) atoms. The SMILES string of the molecule is COc1cc(N(C)c2nn(C3CCOCC3)c3c2CN(C(C)=O)CC3)ccc1C. The number of hydrogen-bond acceptors (Lipinski definition) is 5. The molecule has 0 N–H and O–H groups in total. The molecule has 3 heterocycles. The van der Waals surface area contributed by atoms with Gasteiger partial charge in [-0.25, -0.2) is 0 Å². The molecule has 1 aromatic carbocycles. The third-order valence-electron chi connectivity index (χ3n) is 6.14. The number of aromatic nitrogens is 2. The zero-order valence-corrected chi connectivity index (χ0v) is 17.8. The van der Waals surface area contributed by atoms with E-state index in [1.54, 1.807) is 14.0 Å². The van der Waals surface area contributed by atoms with Crippen molar-refractivity contribution in [3.63, 3.8) is 0 Å². The van der Waals surface area contributed by atoms with Crippen molar-refractivity contribution in [2.45, 2.75) is 45.7 Å². The fraction of sp³-hybridized carbons (Fsp3) is 0.545. The third kappa shape index (κ3) is 3.71. The summed E-state index contributed by atoms with van der Waals surface area (Å²) in [6, 6.07) is 6.55. The molecule has 7 heteroatoms. The van der Waals surface area contributed by atoms with Crippen LogP contribution in [0.1, 0.15) is 42.6 Å². The fourth-order valence-electron chi connectivity index (χ4n) is 4.34. The number of nitrogens with zero attached hydrogens (tertiary/aromatic N) is 4. The van der Waals surface area contributed by atoms with E-state index in [0.717, 1.165) is 67.4 Å². The number of fused-ring (bicyclic) bond motifs is 1. The monoisotopic (exact) mass is 398 g/mol. The highest BCUT2D eigenvalue weighted by molar-refractivity contribution is 5.74. The second-order valence-corrected chi connectivity index (χ2v) is 7.94. The molecule has 4 rings (SSSR count). The Hall–Kier alpha value is -2.54. The molecule has 1 aromatic heterocycles. The molecule has 1 amide bonds. The minimum atomic E-state index is 0.111. The molecule has 2 aromatic rings. The summed E-state index contributed by atoms with van der Waals surface area (Å²) in [5.41, 5.74) is 4.53. The van der Waals surface area contributed by atoms with Crippen molar-refractivity contribution in [1.82, 2.24) is 14.7 Å². The molecule has 0 unspecified atom stereocenters. The highest BCUT2D eigenvalue weighted by atomic mass is 16.5. The average Bonchev–Trinajstić information content (AvgIpc) is 3.13. The second-order valence-electron chi connectivity index (χ2n) is 7.94. The van der Waals surface area contributed by atoms with Gasteiger partial charge in [0.15, 0.2) is 5.82 Å². The van der Waals surface area contributed by atoms with E-state index in [2.05, 4.69) is 21.7 Å². The molecule has 7 nitrogen and oxygen atoms in total. The first-order chi connectivity index (χ1) is 14.0. The standard InChI is InChI=1S/C22H30N4O3/c1-15-5-6-18(13-21(15)28-4)24(3)22-19-14-25(16(2)27)10-7-20(19)26(23-22)17-8-11-29-12-9-17/h5-6,13,17H,7-12,14H2,1-4H3. The van der Waals surface area contributed by atoms with Gasteiger partial charge in [-0.3, -0.25) is 9.48 Å². The fourth-order valence-corrected chi connectivity index (χ4v) is 4.34. The molecular formula is C22H30N4O3. The molecule has 2 aliphatic rings. The minimum absolute atomic E-state index is 0.111. The van der Waals surface area contributed by atoms with Gasteiger partial charge in [0.2, 0.25) is 5.91 Å². The smallest absolute Gasteiger partial charge is 0.219 e. The number of carbonyl (C=O) groups is 1. The van der Waals surface area contributed by atoms with Crippen LogP contribution >= 0.6 is 0 Å². The molecule has 0 atom stereocenters. The lowest BCUT2D eigenvalue weighted by atomic mass is 10.0. The van der Waals surface area contributed by atoms with Crippen LogP contribution in [0.5, 0.6) is 5.75 Å². The zero-order chi connectivity index (χ0) is 20.5. The van der Waals surface area contributed by atoms with Crippen LogP contribution in [0.25, 0.3) is 0 Å².